The molecule has 0 aliphatic carbocycles. The van der Waals surface area contributed by atoms with Gasteiger partial charge in [0.2, 0.25) is 5.91 Å². The number of hydrogen-bond donors (Lipinski definition) is 2. The van der Waals surface area contributed by atoms with Crippen LogP contribution in [0.3, 0.4) is 0 Å². The van der Waals surface area contributed by atoms with Gasteiger partial charge in [-0.25, -0.2) is 4.98 Å². The van der Waals surface area contributed by atoms with Crippen LogP contribution in [0.1, 0.15) is 37.5 Å². The van der Waals surface area contributed by atoms with Crippen molar-refractivity contribution < 1.29 is 4.79 Å². The van der Waals surface area contributed by atoms with Gasteiger partial charge in [0.15, 0.2) is 0 Å². The number of halogens is 2. The highest BCUT2D eigenvalue weighted by Gasteiger charge is 2.20. The molecule has 3 atom stereocenters. The summed E-state index contributed by atoms with van der Waals surface area (Å²) in [5, 5.41) is 5.83. The van der Waals surface area contributed by atoms with Crippen molar-refractivity contribution in [3.05, 3.63) is 16.1 Å². The first-order chi connectivity index (χ1) is 7.41. The topological polar surface area (TPSA) is 68.0 Å². The van der Waals surface area contributed by atoms with Gasteiger partial charge in [0.1, 0.15) is 5.01 Å². The van der Waals surface area contributed by atoms with Gasteiger partial charge in [-0.1, -0.05) is 6.92 Å². The summed E-state index contributed by atoms with van der Waals surface area (Å²) < 4.78 is 0. The number of aryl methyl sites for hydroxylation is 1. The predicted octanol–water partition coefficient (Wildman–Crippen LogP) is 2.46. The Hall–Kier alpha value is -0.360. The molecule has 0 bridgehead atoms. The molecule has 3 unspecified atom stereocenters. The Morgan fingerprint density at radius 3 is 2.33 bits per heavy atom. The van der Waals surface area contributed by atoms with E-state index in [9.17, 15) is 4.79 Å². The fourth-order valence-electron chi connectivity index (χ4n) is 1.22. The molecule has 0 radical (unpaired) electrons. The number of rotatable bonds is 4. The Labute approximate surface area is 125 Å². The highest BCUT2D eigenvalue weighted by molar-refractivity contribution is 7.09. The molecule has 0 aliphatic heterocycles. The SMILES string of the molecule is Cc1csc(C(C)NC(=O)C(C)C(C)N)n1.Cl.Cl. The van der Waals surface area contributed by atoms with Crippen molar-refractivity contribution in [3.63, 3.8) is 0 Å². The Morgan fingerprint density at radius 1 is 1.39 bits per heavy atom. The number of hydrogen-bond acceptors (Lipinski definition) is 4. The van der Waals surface area contributed by atoms with E-state index >= 15 is 0 Å². The first-order valence-electron chi connectivity index (χ1n) is 5.39. The van der Waals surface area contributed by atoms with Crippen LogP contribution in [0.15, 0.2) is 5.38 Å². The molecule has 1 amide bonds. The number of carbonyl (C=O) groups excluding carboxylic acids is 1. The molecule has 3 N–H and O–H groups in total. The van der Waals surface area contributed by atoms with E-state index in [1.54, 1.807) is 11.3 Å². The van der Waals surface area contributed by atoms with Crippen molar-refractivity contribution in [2.75, 3.05) is 0 Å². The van der Waals surface area contributed by atoms with Crippen LogP contribution in [0, 0.1) is 12.8 Å². The molecule has 0 aliphatic rings. The second-order valence-electron chi connectivity index (χ2n) is 4.21. The predicted molar refractivity (Wildman–Crippen MR) is 80.7 cm³/mol. The van der Waals surface area contributed by atoms with Crippen LogP contribution in [-0.2, 0) is 4.79 Å². The summed E-state index contributed by atoms with van der Waals surface area (Å²) in [5.41, 5.74) is 6.67. The van der Waals surface area contributed by atoms with E-state index in [0.717, 1.165) is 10.7 Å². The van der Waals surface area contributed by atoms with E-state index in [-0.39, 0.29) is 48.7 Å². The van der Waals surface area contributed by atoms with Crippen LogP contribution in [0.25, 0.3) is 0 Å². The number of nitrogens with zero attached hydrogens (tertiary/aromatic N) is 1. The Balaban J connectivity index is 0. The third-order valence-electron chi connectivity index (χ3n) is 2.57. The van der Waals surface area contributed by atoms with Crippen molar-refractivity contribution in [2.24, 2.45) is 11.7 Å². The molecule has 0 fully saturated rings. The number of nitrogens with one attached hydrogen (secondary N) is 1. The van der Waals surface area contributed by atoms with Gasteiger partial charge in [0.05, 0.1) is 6.04 Å². The molecule has 0 aromatic carbocycles. The summed E-state index contributed by atoms with van der Waals surface area (Å²) in [6, 6.07) is -0.183. The normalized spacial score (nSPS) is 14.7. The molecule has 4 nitrogen and oxygen atoms in total. The Kier molecular flexibility index (Phi) is 9.64. The minimum Gasteiger partial charge on any atom is -0.347 e. The third-order valence-corrected chi connectivity index (χ3v) is 3.71. The fraction of sp³-hybridized carbons (Fsp3) is 0.636. The molecular weight excluding hydrogens is 293 g/mol. The van der Waals surface area contributed by atoms with Crippen molar-refractivity contribution in [2.45, 2.75) is 39.8 Å². The maximum absolute atomic E-state index is 11.8. The number of nitrogens with two attached hydrogens (primary N) is 1. The number of thiazole rings is 1. The highest BCUT2D eigenvalue weighted by Crippen LogP contribution is 2.17. The van der Waals surface area contributed by atoms with E-state index in [4.69, 9.17) is 5.73 Å². The van der Waals surface area contributed by atoms with Crippen LogP contribution in [0.4, 0.5) is 0 Å². The molecule has 18 heavy (non-hydrogen) atoms. The van der Waals surface area contributed by atoms with E-state index < -0.39 is 0 Å². The molecule has 1 heterocycles. The van der Waals surface area contributed by atoms with E-state index in [0.29, 0.717) is 0 Å². The van der Waals surface area contributed by atoms with E-state index in [1.807, 2.05) is 33.1 Å². The second kappa shape index (κ2) is 8.69. The molecular formula is C11H21Cl2N3OS. The lowest BCUT2D eigenvalue weighted by Crippen LogP contribution is -2.39. The van der Waals surface area contributed by atoms with Crippen molar-refractivity contribution in [1.82, 2.24) is 10.3 Å². The van der Waals surface area contributed by atoms with Gasteiger partial charge in [-0.15, -0.1) is 36.2 Å². The number of amides is 1. The summed E-state index contributed by atoms with van der Waals surface area (Å²) in [6.07, 6.45) is 0. The zero-order valence-corrected chi connectivity index (χ0v) is 13.4. The summed E-state index contributed by atoms with van der Waals surface area (Å²) in [4.78, 5) is 16.1. The largest absolute Gasteiger partial charge is 0.347 e. The van der Waals surface area contributed by atoms with Crippen LogP contribution in [0.5, 0.6) is 0 Å². The second-order valence-corrected chi connectivity index (χ2v) is 5.09. The molecule has 106 valence electrons. The van der Waals surface area contributed by atoms with Gasteiger partial charge in [0.25, 0.3) is 0 Å². The number of aromatic nitrogens is 1. The summed E-state index contributed by atoms with van der Waals surface area (Å²) in [6.45, 7) is 7.55. The smallest absolute Gasteiger partial charge is 0.224 e. The van der Waals surface area contributed by atoms with Crippen LogP contribution < -0.4 is 11.1 Å². The van der Waals surface area contributed by atoms with Crippen LogP contribution in [-0.4, -0.2) is 16.9 Å². The average molecular weight is 314 g/mol. The van der Waals surface area contributed by atoms with Crippen LogP contribution >= 0.6 is 36.2 Å². The third kappa shape index (κ3) is 5.52. The van der Waals surface area contributed by atoms with Gasteiger partial charge >= 0.3 is 0 Å². The minimum absolute atomic E-state index is 0. The van der Waals surface area contributed by atoms with Gasteiger partial charge in [-0.2, -0.15) is 0 Å². The zero-order chi connectivity index (χ0) is 12.3. The molecule has 1 rings (SSSR count). The molecule has 0 saturated heterocycles. The standard InChI is InChI=1S/C11H19N3OS.2ClH/c1-6-5-16-11(13-6)9(4)14-10(15)7(2)8(3)12;;/h5,7-9H,12H2,1-4H3,(H,14,15);2*1H. The maximum Gasteiger partial charge on any atom is 0.224 e. The van der Waals surface area contributed by atoms with Crippen molar-refractivity contribution in [1.29, 1.82) is 0 Å². The summed E-state index contributed by atoms with van der Waals surface area (Å²) in [5.74, 6) is -0.195. The van der Waals surface area contributed by atoms with Gasteiger partial charge in [0, 0.05) is 23.0 Å². The first-order valence-corrected chi connectivity index (χ1v) is 6.27. The van der Waals surface area contributed by atoms with E-state index in [1.165, 1.54) is 0 Å². The quantitative estimate of drug-likeness (QED) is 0.897. The van der Waals surface area contributed by atoms with Gasteiger partial charge in [-0.05, 0) is 20.8 Å². The van der Waals surface area contributed by atoms with Crippen molar-refractivity contribution >= 4 is 42.1 Å². The maximum atomic E-state index is 11.8. The molecule has 1 aromatic rings. The zero-order valence-electron chi connectivity index (χ0n) is 11.0. The van der Waals surface area contributed by atoms with Crippen LogP contribution in [0.2, 0.25) is 0 Å². The Morgan fingerprint density at radius 2 is 1.94 bits per heavy atom. The first kappa shape index (κ1) is 20.0. The Bertz CT molecular complexity index is 371. The molecule has 0 spiro atoms. The summed E-state index contributed by atoms with van der Waals surface area (Å²) in [7, 11) is 0. The lowest BCUT2D eigenvalue weighted by Gasteiger charge is -2.18. The lowest BCUT2D eigenvalue weighted by molar-refractivity contribution is -0.125. The molecule has 0 saturated carbocycles. The van der Waals surface area contributed by atoms with Gasteiger partial charge < -0.3 is 11.1 Å². The average Bonchev–Trinajstić information content (AvgIpc) is 2.63. The minimum atomic E-state index is -0.177. The highest BCUT2D eigenvalue weighted by atomic mass is 35.5. The van der Waals surface area contributed by atoms with E-state index in [2.05, 4.69) is 10.3 Å². The van der Waals surface area contributed by atoms with Gasteiger partial charge in [-0.3, -0.25) is 4.79 Å². The fourth-order valence-corrected chi connectivity index (χ4v) is 2.02. The number of carbonyl (C=O) groups is 1. The lowest BCUT2D eigenvalue weighted by atomic mass is 10.0. The molecule has 7 heteroatoms. The summed E-state index contributed by atoms with van der Waals surface area (Å²) >= 11 is 1.56. The monoisotopic (exact) mass is 313 g/mol. The van der Waals surface area contributed by atoms with Crippen molar-refractivity contribution in [3.8, 4) is 0 Å². The molecule has 1 aromatic heterocycles.